The second kappa shape index (κ2) is 2.33. The van der Waals surface area contributed by atoms with Gasteiger partial charge in [0.1, 0.15) is 0 Å². The Balaban J connectivity index is 2.22. The molecule has 0 N–H and O–H groups in total. The number of pyridine rings is 1. The van der Waals surface area contributed by atoms with Crippen LogP contribution in [0.5, 0.6) is 0 Å². The lowest BCUT2D eigenvalue weighted by Crippen LogP contribution is -1.89. The van der Waals surface area contributed by atoms with Gasteiger partial charge in [0.15, 0.2) is 0 Å². The summed E-state index contributed by atoms with van der Waals surface area (Å²) in [6.45, 7) is 0. The first-order chi connectivity index (χ1) is 6.43. The van der Waals surface area contributed by atoms with Crippen LogP contribution < -0.4 is 0 Å². The van der Waals surface area contributed by atoms with Crippen LogP contribution in [0.4, 0.5) is 0 Å². The minimum atomic E-state index is 1.05. The minimum absolute atomic E-state index is 1.05. The summed E-state index contributed by atoms with van der Waals surface area (Å²) in [4.78, 5) is 0. The van der Waals surface area contributed by atoms with Gasteiger partial charge in [0.2, 0.25) is 0 Å². The summed E-state index contributed by atoms with van der Waals surface area (Å²) in [5, 5.41) is 4.43. The number of allylic oxidation sites excluding steroid dienone is 4. The molecule has 13 heavy (non-hydrogen) atoms. The highest BCUT2D eigenvalue weighted by Gasteiger charge is 2.06. The molecule has 0 saturated heterocycles. The number of rotatable bonds is 1. The largest absolute Gasteiger partial charge is 0.240 e. The molecule has 2 aromatic rings. The average molecular weight is 168 g/mol. The number of hydrogen-bond donors (Lipinski definition) is 0. The molecule has 2 aromatic heterocycles. The third-order valence-electron chi connectivity index (χ3n) is 2.22. The Labute approximate surface area is 75.8 Å². The van der Waals surface area contributed by atoms with Crippen LogP contribution in [0.2, 0.25) is 0 Å². The Morgan fingerprint density at radius 1 is 1.23 bits per heavy atom. The van der Waals surface area contributed by atoms with Gasteiger partial charge in [0, 0.05) is 11.8 Å². The summed E-state index contributed by atoms with van der Waals surface area (Å²) in [6, 6.07) is 8.15. The molecule has 0 bridgehead atoms. The van der Waals surface area contributed by atoms with Crippen LogP contribution in [0.25, 0.3) is 11.1 Å². The van der Waals surface area contributed by atoms with Crippen molar-refractivity contribution in [2.45, 2.75) is 0 Å². The van der Waals surface area contributed by atoms with Gasteiger partial charge in [0.25, 0.3) is 0 Å². The SMILES string of the molecule is C1=CC(c2cc3ccccn3n2)=C1. The normalized spacial score (nSPS) is 14.3. The first-order valence-electron chi connectivity index (χ1n) is 4.27. The van der Waals surface area contributed by atoms with Gasteiger partial charge in [-0.15, -0.1) is 0 Å². The van der Waals surface area contributed by atoms with Gasteiger partial charge in [-0.25, -0.2) is 4.52 Å². The molecule has 0 unspecified atom stereocenters. The second-order valence-electron chi connectivity index (χ2n) is 3.08. The minimum Gasteiger partial charge on any atom is -0.240 e. The van der Waals surface area contributed by atoms with Crippen molar-refractivity contribution in [3.05, 3.63) is 54.4 Å². The highest BCUT2D eigenvalue weighted by Crippen LogP contribution is 2.21. The fourth-order valence-corrected chi connectivity index (χ4v) is 1.44. The molecule has 62 valence electrons. The molecule has 0 aromatic carbocycles. The van der Waals surface area contributed by atoms with Gasteiger partial charge >= 0.3 is 0 Å². The van der Waals surface area contributed by atoms with Gasteiger partial charge in [-0.1, -0.05) is 24.3 Å². The van der Waals surface area contributed by atoms with Crippen LogP contribution >= 0.6 is 0 Å². The van der Waals surface area contributed by atoms with E-state index in [9.17, 15) is 0 Å². The Bertz CT molecular complexity index is 485. The van der Waals surface area contributed by atoms with E-state index in [2.05, 4.69) is 29.4 Å². The van der Waals surface area contributed by atoms with Gasteiger partial charge < -0.3 is 0 Å². The molecule has 1 aliphatic rings. The van der Waals surface area contributed by atoms with E-state index in [0.29, 0.717) is 0 Å². The summed E-state index contributed by atoms with van der Waals surface area (Å²) in [5.74, 6) is 0. The molecule has 0 atom stereocenters. The summed E-state index contributed by atoms with van der Waals surface area (Å²) < 4.78 is 1.89. The predicted molar refractivity (Wildman–Crippen MR) is 52.3 cm³/mol. The first kappa shape index (κ1) is 6.66. The number of nitrogens with zero attached hydrogens (tertiary/aromatic N) is 2. The van der Waals surface area contributed by atoms with Gasteiger partial charge in [-0.3, -0.25) is 0 Å². The molecule has 0 aliphatic heterocycles. The third kappa shape index (κ3) is 0.920. The zero-order chi connectivity index (χ0) is 8.67. The molecule has 0 spiro atoms. The van der Waals surface area contributed by atoms with Crippen molar-refractivity contribution in [1.29, 1.82) is 0 Å². The fraction of sp³-hybridized carbons (Fsp3) is 0. The van der Waals surface area contributed by atoms with Crippen molar-refractivity contribution in [2.24, 2.45) is 0 Å². The molecule has 0 saturated carbocycles. The van der Waals surface area contributed by atoms with Crippen molar-refractivity contribution in [2.75, 3.05) is 0 Å². The van der Waals surface area contributed by atoms with Gasteiger partial charge in [-0.2, -0.15) is 5.10 Å². The fourth-order valence-electron chi connectivity index (χ4n) is 1.44. The maximum absolute atomic E-state index is 4.43. The highest BCUT2D eigenvalue weighted by atomic mass is 15.2. The molecule has 0 amide bonds. The summed E-state index contributed by atoms with van der Waals surface area (Å²) in [5.41, 5.74) is 3.40. The topological polar surface area (TPSA) is 17.3 Å². The van der Waals surface area contributed by atoms with Crippen molar-refractivity contribution >= 4 is 11.1 Å². The average Bonchev–Trinajstić information content (AvgIpc) is 2.43. The van der Waals surface area contributed by atoms with Crippen LogP contribution in [-0.2, 0) is 0 Å². The standard InChI is InChI=1S/C11H8N2/c1-2-7-13-10(6-1)8-11(12-13)9-4-3-5-9/h1-8H. The predicted octanol–water partition coefficient (Wildman–Crippen LogP) is 2.29. The Morgan fingerprint density at radius 3 is 2.85 bits per heavy atom. The van der Waals surface area contributed by atoms with E-state index in [-0.39, 0.29) is 0 Å². The van der Waals surface area contributed by atoms with E-state index >= 15 is 0 Å². The lowest BCUT2D eigenvalue weighted by Gasteiger charge is -2.00. The molecule has 2 nitrogen and oxygen atoms in total. The van der Waals surface area contributed by atoms with Crippen LogP contribution in [0.3, 0.4) is 0 Å². The van der Waals surface area contributed by atoms with E-state index in [4.69, 9.17) is 0 Å². The van der Waals surface area contributed by atoms with Crippen LogP contribution in [-0.4, -0.2) is 9.61 Å². The highest BCUT2D eigenvalue weighted by molar-refractivity contribution is 5.80. The van der Waals surface area contributed by atoms with E-state index in [1.807, 2.05) is 28.9 Å². The summed E-state index contributed by atoms with van der Waals surface area (Å²) >= 11 is 0. The molecule has 1 aliphatic carbocycles. The van der Waals surface area contributed by atoms with Crippen molar-refractivity contribution < 1.29 is 0 Å². The van der Waals surface area contributed by atoms with Crippen molar-refractivity contribution in [3.8, 4) is 0 Å². The third-order valence-corrected chi connectivity index (χ3v) is 2.22. The zero-order valence-electron chi connectivity index (χ0n) is 7.01. The van der Waals surface area contributed by atoms with E-state index < -0.39 is 0 Å². The molecular formula is C11H8N2. The van der Waals surface area contributed by atoms with Crippen LogP contribution in [0.15, 0.2) is 48.7 Å². The first-order valence-corrected chi connectivity index (χ1v) is 4.27. The number of hydrogen-bond acceptors (Lipinski definition) is 1. The maximum Gasteiger partial charge on any atom is 0.0933 e. The van der Waals surface area contributed by atoms with E-state index in [1.54, 1.807) is 0 Å². The Morgan fingerprint density at radius 2 is 2.15 bits per heavy atom. The van der Waals surface area contributed by atoms with Gasteiger partial charge in [-0.05, 0) is 18.2 Å². The van der Waals surface area contributed by atoms with Crippen molar-refractivity contribution in [3.63, 3.8) is 0 Å². The quantitative estimate of drug-likeness (QED) is 0.638. The maximum atomic E-state index is 4.43. The Kier molecular flexibility index (Phi) is 1.19. The lowest BCUT2D eigenvalue weighted by molar-refractivity contribution is 0.951. The molecule has 2 heteroatoms. The zero-order valence-corrected chi connectivity index (χ0v) is 7.01. The summed E-state index contributed by atoms with van der Waals surface area (Å²) in [7, 11) is 0. The smallest absolute Gasteiger partial charge is 0.0933 e. The Hall–Kier alpha value is -1.83. The van der Waals surface area contributed by atoms with Gasteiger partial charge in [0.05, 0.1) is 11.2 Å². The van der Waals surface area contributed by atoms with E-state index in [0.717, 1.165) is 11.2 Å². The molecular weight excluding hydrogens is 160 g/mol. The van der Waals surface area contributed by atoms with Crippen molar-refractivity contribution in [1.82, 2.24) is 9.61 Å². The van der Waals surface area contributed by atoms with Crippen LogP contribution in [0, 0.1) is 0 Å². The molecule has 3 rings (SSSR count). The number of aromatic nitrogens is 2. The molecule has 0 fully saturated rings. The number of fused-ring (bicyclic) bond motifs is 1. The molecule has 2 heterocycles. The van der Waals surface area contributed by atoms with E-state index in [1.165, 1.54) is 5.57 Å². The monoisotopic (exact) mass is 168 g/mol. The summed E-state index contributed by atoms with van der Waals surface area (Å²) in [6.07, 6.45) is 8.13. The second-order valence-corrected chi connectivity index (χ2v) is 3.08. The lowest BCUT2D eigenvalue weighted by atomic mass is 10.1. The van der Waals surface area contributed by atoms with Crippen LogP contribution in [0.1, 0.15) is 5.69 Å². The molecule has 0 radical (unpaired) electrons.